The maximum Gasteiger partial charge on any atom is 0.191 e. The Morgan fingerprint density at radius 3 is 2.26 bits per heavy atom. The number of aliphatic hydroxyl groups is 1. The van der Waals surface area contributed by atoms with E-state index in [0.29, 0.717) is 6.54 Å². The summed E-state index contributed by atoms with van der Waals surface area (Å²) in [5, 5.41) is 17.4. The third-order valence-electron chi connectivity index (χ3n) is 6.46. The monoisotopic (exact) mass is 494 g/mol. The number of hydrogen-bond acceptors (Lipinski definition) is 4. The van der Waals surface area contributed by atoms with Crippen LogP contribution >= 0.6 is 24.0 Å². The van der Waals surface area contributed by atoms with Crippen LogP contribution in [0, 0.1) is 0 Å². The quantitative estimate of drug-likeness (QED) is 0.301. The van der Waals surface area contributed by atoms with Crippen molar-refractivity contribution in [1.29, 1.82) is 0 Å². The van der Waals surface area contributed by atoms with Crippen molar-refractivity contribution in [2.24, 2.45) is 4.99 Å². The average Bonchev–Trinajstić information content (AvgIpc) is 3.12. The van der Waals surface area contributed by atoms with E-state index in [4.69, 9.17) is 9.73 Å². The van der Waals surface area contributed by atoms with E-state index in [2.05, 4.69) is 22.5 Å². The first-order valence-electron chi connectivity index (χ1n) is 10.7. The molecule has 158 valence electrons. The van der Waals surface area contributed by atoms with Crippen molar-refractivity contribution in [2.75, 3.05) is 45.9 Å². The molecule has 0 unspecified atom stereocenters. The number of rotatable bonds is 6. The van der Waals surface area contributed by atoms with Crippen LogP contribution in [0.3, 0.4) is 0 Å². The Morgan fingerprint density at radius 1 is 1.00 bits per heavy atom. The molecule has 0 aromatic carbocycles. The highest BCUT2D eigenvalue weighted by molar-refractivity contribution is 14.0. The summed E-state index contributed by atoms with van der Waals surface area (Å²) < 4.78 is 5.58. The van der Waals surface area contributed by atoms with Crippen molar-refractivity contribution in [3.8, 4) is 0 Å². The van der Waals surface area contributed by atoms with Gasteiger partial charge in [-0.2, -0.15) is 0 Å². The van der Waals surface area contributed by atoms with Gasteiger partial charge >= 0.3 is 0 Å². The van der Waals surface area contributed by atoms with Crippen LogP contribution in [-0.4, -0.2) is 73.0 Å². The highest BCUT2D eigenvalue weighted by Crippen LogP contribution is 2.34. The maximum atomic E-state index is 10.6. The van der Waals surface area contributed by atoms with E-state index < -0.39 is 5.60 Å². The second-order valence-corrected chi connectivity index (χ2v) is 8.36. The van der Waals surface area contributed by atoms with Gasteiger partial charge in [0.05, 0.1) is 25.4 Å². The molecule has 6 nitrogen and oxygen atoms in total. The van der Waals surface area contributed by atoms with E-state index >= 15 is 0 Å². The summed E-state index contributed by atoms with van der Waals surface area (Å²) >= 11 is 0. The molecule has 1 saturated heterocycles. The molecule has 3 aliphatic rings. The Hall–Kier alpha value is -0.120. The zero-order chi connectivity index (χ0) is 18.3. The molecular formula is C20H39IN4O2. The Morgan fingerprint density at radius 2 is 1.63 bits per heavy atom. The molecule has 3 N–H and O–H groups in total. The lowest BCUT2D eigenvalue weighted by atomic mass is 9.80. The zero-order valence-corrected chi connectivity index (χ0v) is 19.3. The Bertz CT molecular complexity index is 457. The summed E-state index contributed by atoms with van der Waals surface area (Å²) in [5.74, 6) is 0.853. The van der Waals surface area contributed by atoms with Crippen LogP contribution in [0.15, 0.2) is 4.99 Å². The number of nitrogens with zero attached hydrogens (tertiary/aromatic N) is 2. The van der Waals surface area contributed by atoms with Crippen molar-refractivity contribution in [3.63, 3.8) is 0 Å². The van der Waals surface area contributed by atoms with Gasteiger partial charge in [0, 0.05) is 31.7 Å². The molecule has 1 aliphatic heterocycles. The molecule has 0 aromatic heterocycles. The van der Waals surface area contributed by atoms with Gasteiger partial charge < -0.3 is 20.5 Å². The fourth-order valence-electron chi connectivity index (χ4n) is 4.85. The maximum absolute atomic E-state index is 10.6. The minimum absolute atomic E-state index is 0. The fourth-order valence-corrected chi connectivity index (χ4v) is 4.85. The van der Waals surface area contributed by atoms with Gasteiger partial charge in [-0.05, 0) is 32.6 Å². The smallest absolute Gasteiger partial charge is 0.191 e. The second-order valence-electron chi connectivity index (χ2n) is 8.36. The van der Waals surface area contributed by atoms with Crippen LogP contribution in [0.2, 0.25) is 0 Å². The Balaban J connectivity index is 0.00000261. The second kappa shape index (κ2) is 11.2. The van der Waals surface area contributed by atoms with Crippen LogP contribution in [0.5, 0.6) is 0 Å². The van der Waals surface area contributed by atoms with E-state index in [0.717, 1.165) is 71.0 Å². The fraction of sp³-hybridized carbons (Fsp3) is 0.950. The normalized spacial score (nSPS) is 25.6. The third kappa shape index (κ3) is 6.44. The third-order valence-corrected chi connectivity index (χ3v) is 6.46. The molecule has 3 fully saturated rings. The zero-order valence-electron chi connectivity index (χ0n) is 17.0. The van der Waals surface area contributed by atoms with E-state index in [1.165, 1.54) is 32.1 Å². The molecular weight excluding hydrogens is 455 g/mol. The highest BCUT2D eigenvalue weighted by atomic mass is 127. The van der Waals surface area contributed by atoms with Gasteiger partial charge in [0.15, 0.2) is 5.96 Å². The molecule has 2 saturated carbocycles. The van der Waals surface area contributed by atoms with Gasteiger partial charge in [-0.15, -0.1) is 24.0 Å². The summed E-state index contributed by atoms with van der Waals surface area (Å²) in [5.41, 5.74) is -0.364. The van der Waals surface area contributed by atoms with Crippen LogP contribution in [-0.2, 0) is 4.74 Å². The van der Waals surface area contributed by atoms with Gasteiger partial charge in [-0.1, -0.05) is 32.1 Å². The molecule has 1 heterocycles. The van der Waals surface area contributed by atoms with Crippen molar-refractivity contribution in [3.05, 3.63) is 0 Å². The summed E-state index contributed by atoms with van der Waals surface area (Å²) in [6, 6.07) is 0. The molecule has 0 amide bonds. The first kappa shape index (κ1) is 23.2. The molecule has 0 radical (unpaired) electrons. The van der Waals surface area contributed by atoms with Gasteiger partial charge in [0.1, 0.15) is 0 Å². The molecule has 0 spiro atoms. The van der Waals surface area contributed by atoms with Crippen LogP contribution in [0.1, 0.15) is 64.7 Å². The first-order valence-corrected chi connectivity index (χ1v) is 10.7. The first-order chi connectivity index (χ1) is 12.7. The molecule has 0 atom stereocenters. The predicted molar refractivity (Wildman–Crippen MR) is 121 cm³/mol. The van der Waals surface area contributed by atoms with Gasteiger partial charge in [0.2, 0.25) is 0 Å². The van der Waals surface area contributed by atoms with Crippen molar-refractivity contribution >= 4 is 29.9 Å². The molecule has 0 aromatic rings. The number of halogens is 1. The average molecular weight is 494 g/mol. The lowest BCUT2D eigenvalue weighted by Crippen LogP contribution is -2.57. The van der Waals surface area contributed by atoms with Gasteiger partial charge in [0.25, 0.3) is 0 Å². The van der Waals surface area contributed by atoms with E-state index in [1.807, 2.05) is 0 Å². The van der Waals surface area contributed by atoms with Crippen LogP contribution in [0.4, 0.5) is 0 Å². The van der Waals surface area contributed by atoms with E-state index in [9.17, 15) is 5.11 Å². The minimum atomic E-state index is -0.553. The number of ether oxygens (including phenoxy) is 1. The van der Waals surface area contributed by atoms with E-state index in [-0.39, 0.29) is 29.5 Å². The number of nitrogens with one attached hydrogen (secondary N) is 2. The van der Waals surface area contributed by atoms with Crippen molar-refractivity contribution in [2.45, 2.75) is 75.9 Å². The predicted octanol–water partition coefficient (Wildman–Crippen LogP) is 2.50. The van der Waals surface area contributed by atoms with Gasteiger partial charge in [-0.3, -0.25) is 9.89 Å². The summed E-state index contributed by atoms with van der Waals surface area (Å²) in [4.78, 5) is 7.61. The molecule has 27 heavy (non-hydrogen) atoms. The van der Waals surface area contributed by atoms with Crippen LogP contribution in [0.25, 0.3) is 0 Å². The van der Waals surface area contributed by atoms with Crippen LogP contribution < -0.4 is 10.6 Å². The Kier molecular flexibility index (Phi) is 9.58. The van der Waals surface area contributed by atoms with E-state index in [1.54, 1.807) is 0 Å². The Labute approximate surface area is 181 Å². The highest BCUT2D eigenvalue weighted by Gasteiger charge is 2.38. The number of aliphatic imine (C=N–C) groups is 1. The van der Waals surface area contributed by atoms with Crippen molar-refractivity contribution < 1.29 is 9.84 Å². The lowest BCUT2D eigenvalue weighted by molar-refractivity contribution is -0.0333. The molecule has 2 aliphatic carbocycles. The number of guanidine groups is 1. The molecule has 3 rings (SSSR count). The summed E-state index contributed by atoms with van der Waals surface area (Å²) in [6.45, 7) is 8.12. The van der Waals surface area contributed by atoms with Gasteiger partial charge in [-0.25, -0.2) is 0 Å². The minimum Gasteiger partial charge on any atom is -0.388 e. The summed E-state index contributed by atoms with van der Waals surface area (Å²) in [7, 11) is 0. The number of hydrogen-bond donors (Lipinski definition) is 3. The standard InChI is InChI=1S/C20H38N4O2.HI/c1-2-21-18(23-17-20(25)10-6-7-11-20)22-16-19(8-4-3-5-9-19)24-12-14-26-15-13-24;/h25H,2-17H2,1H3,(H2,21,22,23);1H. The number of morpholine rings is 1. The SMILES string of the molecule is CCNC(=NCC1(N2CCOCC2)CCCCC1)NCC1(O)CCCC1.I. The van der Waals surface area contributed by atoms with Crippen molar-refractivity contribution in [1.82, 2.24) is 15.5 Å². The molecule has 0 bridgehead atoms. The summed E-state index contributed by atoms with van der Waals surface area (Å²) in [6.07, 6.45) is 10.5. The molecule has 7 heteroatoms. The lowest BCUT2D eigenvalue weighted by Gasteiger charge is -2.47. The topological polar surface area (TPSA) is 69.1 Å². The largest absolute Gasteiger partial charge is 0.388 e.